The van der Waals surface area contributed by atoms with Crippen molar-refractivity contribution in [1.82, 2.24) is 4.98 Å². The number of fused-ring (bicyclic) bond motifs is 3. The van der Waals surface area contributed by atoms with Crippen LogP contribution >= 0.6 is 0 Å². The number of hydrogen-bond acceptors (Lipinski definition) is 3. The molecule has 0 atom stereocenters. The Labute approximate surface area is 139 Å². The van der Waals surface area contributed by atoms with Crippen LogP contribution in [0.1, 0.15) is 15.9 Å². The molecule has 0 unspecified atom stereocenters. The standard InChI is InChI=1S/C21H15NO2/c1-14-5-2-7-17(13-14)21(23)24-18-9-3-6-15-10-11-16-8-4-12-22-20(16)19(15)18/h2-13H,1H3. The zero-order valence-corrected chi connectivity index (χ0v) is 13.2. The molecule has 0 bridgehead atoms. The fourth-order valence-corrected chi connectivity index (χ4v) is 2.90. The predicted molar refractivity (Wildman–Crippen MR) is 95.4 cm³/mol. The number of esters is 1. The highest BCUT2D eigenvalue weighted by molar-refractivity contribution is 6.09. The van der Waals surface area contributed by atoms with Crippen LogP contribution in [0.5, 0.6) is 5.75 Å². The maximum absolute atomic E-state index is 12.5. The number of nitrogens with zero attached hydrogens (tertiary/aromatic N) is 1. The fraction of sp³-hybridized carbons (Fsp3) is 0.0476. The molecule has 0 N–H and O–H groups in total. The van der Waals surface area contributed by atoms with Gasteiger partial charge >= 0.3 is 5.97 Å². The minimum atomic E-state index is -0.362. The van der Waals surface area contributed by atoms with Crippen molar-refractivity contribution in [2.75, 3.05) is 0 Å². The highest BCUT2D eigenvalue weighted by Gasteiger charge is 2.13. The summed E-state index contributed by atoms with van der Waals surface area (Å²) in [6.45, 7) is 1.95. The number of aromatic nitrogens is 1. The topological polar surface area (TPSA) is 39.2 Å². The molecule has 0 saturated heterocycles. The van der Waals surface area contributed by atoms with Gasteiger partial charge in [0.25, 0.3) is 0 Å². The molecule has 0 radical (unpaired) electrons. The van der Waals surface area contributed by atoms with Crippen LogP contribution in [0, 0.1) is 6.92 Å². The van der Waals surface area contributed by atoms with Gasteiger partial charge in [-0.05, 0) is 36.6 Å². The molecule has 0 spiro atoms. The molecule has 0 aliphatic carbocycles. The average molecular weight is 313 g/mol. The van der Waals surface area contributed by atoms with E-state index in [-0.39, 0.29) is 5.97 Å². The molecule has 0 fully saturated rings. The number of aryl methyl sites for hydroxylation is 1. The third-order valence-corrected chi connectivity index (χ3v) is 4.03. The third-order valence-electron chi connectivity index (χ3n) is 4.03. The average Bonchev–Trinajstić information content (AvgIpc) is 2.61. The van der Waals surface area contributed by atoms with E-state index >= 15 is 0 Å². The molecule has 1 aromatic heterocycles. The van der Waals surface area contributed by atoms with Gasteiger partial charge < -0.3 is 4.74 Å². The van der Waals surface area contributed by atoms with Crippen LogP contribution in [0.15, 0.2) is 72.9 Å². The summed E-state index contributed by atoms with van der Waals surface area (Å²) in [6, 6.07) is 21.0. The van der Waals surface area contributed by atoms with Gasteiger partial charge in [-0.15, -0.1) is 0 Å². The number of hydrogen-bond donors (Lipinski definition) is 0. The molecule has 0 aliphatic heterocycles. The van der Waals surface area contributed by atoms with Crippen molar-refractivity contribution in [3.05, 3.63) is 84.1 Å². The Morgan fingerprint density at radius 2 is 1.71 bits per heavy atom. The lowest BCUT2D eigenvalue weighted by Gasteiger charge is -2.10. The molecule has 1 heterocycles. The second-order valence-electron chi connectivity index (χ2n) is 5.75. The Balaban J connectivity index is 1.85. The van der Waals surface area contributed by atoms with Crippen molar-refractivity contribution in [3.63, 3.8) is 0 Å². The van der Waals surface area contributed by atoms with E-state index in [0.717, 1.165) is 27.2 Å². The van der Waals surface area contributed by atoms with Gasteiger partial charge in [-0.1, -0.05) is 48.0 Å². The summed E-state index contributed by atoms with van der Waals surface area (Å²) < 4.78 is 5.70. The maximum Gasteiger partial charge on any atom is 0.343 e. The molecule has 4 rings (SSSR count). The summed E-state index contributed by atoms with van der Waals surface area (Å²) in [7, 11) is 0. The summed E-state index contributed by atoms with van der Waals surface area (Å²) >= 11 is 0. The van der Waals surface area contributed by atoms with E-state index in [0.29, 0.717) is 11.3 Å². The van der Waals surface area contributed by atoms with Gasteiger partial charge in [0.1, 0.15) is 5.75 Å². The molecule has 3 heteroatoms. The molecule has 0 aliphatic rings. The van der Waals surface area contributed by atoms with Crippen molar-refractivity contribution in [2.45, 2.75) is 6.92 Å². The lowest BCUT2D eigenvalue weighted by molar-refractivity contribution is 0.0737. The predicted octanol–water partition coefficient (Wildman–Crippen LogP) is 4.92. The van der Waals surface area contributed by atoms with Crippen molar-refractivity contribution in [2.24, 2.45) is 0 Å². The van der Waals surface area contributed by atoms with Crippen molar-refractivity contribution in [3.8, 4) is 5.75 Å². The second-order valence-corrected chi connectivity index (χ2v) is 5.75. The maximum atomic E-state index is 12.5. The molecular formula is C21H15NO2. The van der Waals surface area contributed by atoms with Gasteiger partial charge in [0.05, 0.1) is 16.5 Å². The molecule has 0 saturated carbocycles. The van der Waals surface area contributed by atoms with Crippen LogP contribution in [0.3, 0.4) is 0 Å². The first-order chi connectivity index (χ1) is 11.7. The van der Waals surface area contributed by atoms with Crippen LogP contribution in [0.4, 0.5) is 0 Å². The number of pyridine rings is 1. The largest absolute Gasteiger partial charge is 0.422 e. The first-order valence-corrected chi connectivity index (χ1v) is 7.78. The molecule has 0 amide bonds. The first kappa shape index (κ1) is 14.4. The molecule has 4 aromatic rings. The number of carbonyl (C=O) groups is 1. The Kier molecular flexibility index (Phi) is 3.47. The third kappa shape index (κ3) is 2.50. The van der Waals surface area contributed by atoms with Gasteiger partial charge in [0, 0.05) is 11.6 Å². The zero-order chi connectivity index (χ0) is 16.5. The molecule has 24 heavy (non-hydrogen) atoms. The van der Waals surface area contributed by atoms with E-state index in [4.69, 9.17) is 4.74 Å². The van der Waals surface area contributed by atoms with E-state index in [1.807, 2.05) is 67.6 Å². The van der Waals surface area contributed by atoms with Crippen molar-refractivity contribution in [1.29, 1.82) is 0 Å². The van der Waals surface area contributed by atoms with Crippen molar-refractivity contribution >= 4 is 27.6 Å². The van der Waals surface area contributed by atoms with E-state index in [1.54, 1.807) is 12.3 Å². The lowest BCUT2D eigenvalue weighted by Crippen LogP contribution is -2.09. The minimum absolute atomic E-state index is 0.362. The Hall–Kier alpha value is -3.20. The monoisotopic (exact) mass is 313 g/mol. The first-order valence-electron chi connectivity index (χ1n) is 7.78. The number of benzene rings is 3. The minimum Gasteiger partial charge on any atom is -0.422 e. The highest BCUT2D eigenvalue weighted by atomic mass is 16.5. The fourth-order valence-electron chi connectivity index (χ4n) is 2.90. The summed E-state index contributed by atoms with van der Waals surface area (Å²) in [5, 5.41) is 2.87. The second kappa shape index (κ2) is 5.78. The Morgan fingerprint density at radius 1 is 0.917 bits per heavy atom. The van der Waals surface area contributed by atoms with Crippen LogP contribution in [-0.4, -0.2) is 11.0 Å². The van der Waals surface area contributed by atoms with Gasteiger partial charge in [-0.2, -0.15) is 0 Å². The smallest absolute Gasteiger partial charge is 0.343 e. The molecule has 3 nitrogen and oxygen atoms in total. The number of ether oxygens (including phenoxy) is 1. The van der Waals surface area contributed by atoms with Crippen LogP contribution in [0.25, 0.3) is 21.7 Å². The van der Waals surface area contributed by atoms with E-state index in [1.165, 1.54) is 0 Å². The number of rotatable bonds is 2. The quantitative estimate of drug-likeness (QED) is 0.300. The SMILES string of the molecule is Cc1cccc(C(=O)Oc2cccc3ccc4cccnc4c23)c1. The molecular weight excluding hydrogens is 298 g/mol. The van der Waals surface area contributed by atoms with Crippen LogP contribution < -0.4 is 4.74 Å². The Bertz CT molecular complexity index is 1070. The number of carbonyl (C=O) groups excluding carboxylic acids is 1. The van der Waals surface area contributed by atoms with E-state index in [9.17, 15) is 4.79 Å². The molecule has 3 aromatic carbocycles. The normalized spacial score (nSPS) is 10.9. The van der Waals surface area contributed by atoms with Gasteiger partial charge in [-0.3, -0.25) is 4.98 Å². The summed E-state index contributed by atoms with van der Waals surface area (Å²) in [5.74, 6) is 0.169. The highest BCUT2D eigenvalue weighted by Crippen LogP contribution is 2.32. The van der Waals surface area contributed by atoms with E-state index < -0.39 is 0 Å². The van der Waals surface area contributed by atoms with Gasteiger partial charge in [-0.25, -0.2) is 4.79 Å². The van der Waals surface area contributed by atoms with Crippen LogP contribution in [0.2, 0.25) is 0 Å². The summed E-state index contributed by atoms with van der Waals surface area (Å²) in [4.78, 5) is 17.0. The van der Waals surface area contributed by atoms with Gasteiger partial charge in [0.2, 0.25) is 0 Å². The lowest BCUT2D eigenvalue weighted by atomic mass is 10.1. The van der Waals surface area contributed by atoms with Gasteiger partial charge in [0.15, 0.2) is 0 Å². The van der Waals surface area contributed by atoms with Crippen molar-refractivity contribution < 1.29 is 9.53 Å². The van der Waals surface area contributed by atoms with Crippen LogP contribution in [-0.2, 0) is 0 Å². The van der Waals surface area contributed by atoms with E-state index in [2.05, 4.69) is 4.98 Å². The molecule has 116 valence electrons. The summed E-state index contributed by atoms with van der Waals surface area (Å²) in [6.07, 6.45) is 1.75. The zero-order valence-electron chi connectivity index (χ0n) is 13.2. The Morgan fingerprint density at radius 3 is 2.58 bits per heavy atom. The summed E-state index contributed by atoms with van der Waals surface area (Å²) in [5.41, 5.74) is 2.40.